The lowest BCUT2D eigenvalue weighted by Crippen LogP contribution is -2.26. The minimum Gasteiger partial charge on any atom is -0.392 e. The van der Waals surface area contributed by atoms with Crippen LogP contribution in [0.15, 0.2) is 12.2 Å². The molecule has 0 aromatic heterocycles. The molecule has 0 unspecified atom stereocenters. The second-order valence-electron chi connectivity index (χ2n) is 8.01. The van der Waals surface area contributed by atoms with E-state index in [0.29, 0.717) is 6.04 Å². The van der Waals surface area contributed by atoms with Gasteiger partial charge in [-0.05, 0) is 38.5 Å². The SMILES string of the molecule is CCCCCCCC/C=C\CCCCCCCCOC[C@@H]1C[C@@H](O)CN1. The van der Waals surface area contributed by atoms with Crippen molar-refractivity contribution in [2.45, 2.75) is 115 Å². The first-order chi connectivity index (χ1) is 12.8. The molecule has 3 heteroatoms. The van der Waals surface area contributed by atoms with Gasteiger partial charge in [0.15, 0.2) is 0 Å². The van der Waals surface area contributed by atoms with E-state index < -0.39 is 0 Å². The highest BCUT2D eigenvalue weighted by Gasteiger charge is 2.21. The first-order valence-corrected chi connectivity index (χ1v) is 11.5. The van der Waals surface area contributed by atoms with Gasteiger partial charge in [-0.1, -0.05) is 76.9 Å². The topological polar surface area (TPSA) is 41.5 Å². The average Bonchev–Trinajstić information content (AvgIpc) is 3.06. The number of rotatable bonds is 18. The number of hydrogen-bond donors (Lipinski definition) is 2. The molecular formula is C23H45NO2. The Bertz CT molecular complexity index is 319. The van der Waals surface area contributed by atoms with E-state index in [9.17, 15) is 5.11 Å². The summed E-state index contributed by atoms with van der Waals surface area (Å²) in [7, 11) is 0. The van der Waals surface area contributed by atoms with E-state index in [4.69, 9.17) is 4.74 Å². The molecule has 1 rings (SSSR count). The highest BCUT2D eigenvalue weighted by molar-refractivity contribution is 4.81. The van der Waals surface area contributed by atoms with Gasteiger partial charge in [-0.25, -0.2) is 0 Å². The fraction of sp³-hybridized carbons (Fsp3) is 0.913. The van der Waals surface area contributed by atoms with Crippen molar-refractivity contribution in [1.29, 1.82) is 0 Å². The van der Waals surface area contributed by atoms with Crippen molar-refractivity contribution >= 4 is 0 Å². The lowest BCUT2D eigenvalue weighted by molar-refractivity contribution is 0.107. The molecule has 1 heterocycles. The van der Waals surface area contributed by atoms with Crippen LogP contribution in [0.1, 0.15) is 103 Å². The zero-order valence-electron chi connectivity index (χ0n) is 17.4. The number of unbranched alkanes of at least 4 members (excludes halogenated alkanes) is 12. The molecule has 26 heavy (non-hydrogen) atoms. The van der Waals surface area contributed by atoms with E-state index in [-0.39, 0.29) is 6.10 Å². The summed E-state index contributed by atoms with van der Waals surface area (Å²) in [5, 5.41) is 12.7. The highest BCUT2D eigenvalue weighted by atomic mass is 16.5. The second kappa shape index (κ2) is 18.0. The molecule has 154 valence electrons. The van der Waals surface area contributed by atoms with E-state index in [0.717, 1.165) is 26.2 Å². The van der Waals surface area contributed by atoms with Crippen molar-refractivity contribution in [1.82, 2.24) is 5.32 Å². The van der Waals surface area contributed by atoms with Gasteiger partial charge in [0.25, 0.3) is 0 Å². The molecule has 2 N–H and O–H groups in total. The quantitative estimate of drug-likeness (QED) is 0.239. The second-order valence-corrected chi connectivity index (χ2v) is 8.01. The van der Waals surface area contributed by atoms with Crippen LogP contribution in [0.5, 0.6) is 0 Å². The maximum Gasteiger partial charge on any atom is 0.0680 e. The van der Waals surface area contributed by atoms with Gasteiger partial charge >= 0.3 is 0 Å². The number of aliphatic hydroxyl groups is 1. The minimum absolute atomic E-state index is 0.172. The van der Waals surface area contributed by atoms with E-state index in [1.54, 1.807) is 0 Å². The molecule has 0 radical (unpaired) electrons. The maximum absolute atomic E-state index is 9.43. The number of aliphatic hydroxyl groups excluding tert-OH is 1. The molecule has 0 aromatic rings. The Labute approximate surface area is 163 Å². The number of hydrogen-bond acceptors (Lipinski definition) is 3. The zero-order valence-corrected chi connectivity index (χ0v) is 17.4. The van der Waals surface area contributed by atoms with Crippen molar-refractivity contribution in [3.05, 3.63) is 12.2 Å². The summed E-state index contributed by atoms with van der Waals surface area (Å²) in [5.41, 5.74) is 0. The van der Waals surface area contributed by atoms with Gasteiger partial charge in [-0.15, -0.1) is 0 Å². The van der Waals surface area contributed by atoms with Crippen molar-refractivity contribution in [2.24, 2.45) is 0 Å². The molecule has 1 saturated heterocycles. The summed E-state index contributed by atoms with van der Waals surface area (Å²) in [6.45, 7) is 4.63. The normalized spacial score (nSPS) is 20.4. The van der Waals surface area contributed by atoms with Crippen LogP contribution in [0.25, 0.3) is 0 Å². The van der Waals surface area contributed by atoms with Crippen molar-refractivity contribution in [3.8, 4) is 0 Å². The third-order valence-corrected chi connectivity index (χ3v) is 5.32. The van der Waals surface area contributed by atoms with Gasteiger partial charge < -0.3 is 15.2 Å². The zero-order chi connectivity index (χ0) is 18.7. The molecule has 1 fully saturated rings. The summed E-state index contributed by atoms with van der Waals surface area (Å²) in [6, 6.07) is 0.360. The molecular weight excluding hydrogens is 322 g/mol. The van der Waals surface area contributed by atoms with Crippen LogP contribution in [0, 0.1) is 0 Å². The van der Waals surface area contributed by atoms with Crippen molar-refractivity contribution in [2.75, 3.05) is 19.8 Å². The third-order valence-electron chi connectivity index (χ3n) is 5.32. The Hall–Kier alpha value is -0.380. The Morgan fingerprint density at radius 2 is 1.42 bits per heavy atom. The molecule has 0 amide bonds. The van der Waals surface area contributed by atoms with Gasteiger partial charge in [0.2, 0.25) is 0 Å². The standard InChI is InChI=1S/C23H45NO2/c1-2-3-4-5-6-7-8-9-10-11-12-13-14-15-16-17-18-26-21-22-19-23(25)20-24-22/h9-10,22-25H,2-8,11-21H2,1H3/b10-9-/t22-,23+/m0/s1. The predicted octanol–water partition coefficient (Wildman–Crippen LogP) is 5.76. The minimum atomic E-state index is -0.172. The molecule has 1 aliphatic heterocycles. The summed E-state index contributed by atoms with van der Waals surface area (Å²) in [6.07, 6.45) is 24.3. The Morgan fingerprint density at radius 1 is 0.846 bits per heavy atom. The van der Waals surface area contributed by atoms with Crippen LogP contribution in [0.4, 0.5) is 0 Å². The molecule has 0 aliphatic carbocycles. The molecule has 0 saturated carbocycles. The first kappa shape index (κ1) is 23.7. The number of β-amino-alcohol motifs (C(OH)–C–C–N with tert-alkyl or cyclic N) is 1. The van der Waals surface area contributed by atoms with Crippen LogP contribution >= 0.6 is 0 Å². The van der Waals surface area contributed by atoms with E-state index in [1.165, 1.54) is 89.9 Å². The lowest BCUT2D eigenvalue weighted by Gasteiger charge is -2.10. The first-order valence-electron chi connectivity index (χ1n) is 11.5. The largest absolute Gasteiger partial charge is 0.392 e. The van der Waals surface area contributed by atoms with Gasteiger partial charge in [0.1, 0.15) is 0 Å². The molecule has 0 aromatic carbocycles. The maximum atomic E-state index is 9.43. The Balaban J connectivity index is 1.70. The van der Waals surface area contributed by atoms with Crippen LogP contribution in [-0.2, 0) is 4.74 Å². The number of nitrogens with one attached hydrogen (secondary N) is 1. The number of ether oxygens (including phenoxy) is 1. The molecule has 1 aliphatic rings. The summed E-state index contributed by atoms with van der Waals surface area (Å²) < 4.78 is 5.70. The summed E-state index contributed by atoms with van der Waals surface area (Å²) >= 11 is 0. The summed E-state index contributed by atoms with van der Waals surface area (Å²) in [4.78, 5) is 0. The van der Waals surface area contributed by atoms with Crippen LogP contribution in [-0.4, -0.2) is 37.0 Å². The lowest BCUT2D eigenvalue weighted by atomic mass is 10.1. The highest BCUT2D eigenvalue weighted by Crippen LogP contribution is 2.10. The van der Waals surface area contributed by atoms with Crippen molar-refractivity contribution in [3.63, 3.8) is 0 Å². The van der Waals surface area contributed by atoms with Crippen LogP contribution in [0.2, 0.25) is 0 Å². The Morgan fingerprint density at radius 3 is 2.00 bits per heavy atom. The van der Waals surface area contributed by atoms with Crippen molar-refractivity contribution < 1.29 is 9.84 Å². The third kappa shape index (κ3) is 14.8. The predicted molar refractivity (Wildman–Crippen MR) is 113 cm³/mol. The summed E-state index contributed by atoms with van der Waals surface area (Å²) in [5.74, 6) is 0. The van der Waals surface area contributed by atoms with Gasteiger partial charge in [-0.2, -0.15) is 0 Å². The Kier molecular flexibility index (Phi) is 16.4. The van der Waals surface area contributed by atoms with Gasteiger partial charge in [0.05, 0.1) is 12.7 Å². The monoisotopic (exact) mass is 367 g/mol. The number of allylic oxidation sites excluding steroid dienone is 2. The van der Waals surface area contributed by atoms with E-state index in [1.807, 2.05) is 0 Å². The molecule has 0 spiro atoms. The van der Waals surface area contributed by atoms with E-state index >= 15 is 0 Å². The fourth-order valence-electron chi connectivity index (χ4n) is 3.60. The van der Waals surface area contributed by atoms with Crippen LogP contribution in [0.3, 0.4) is 0 Å². The average molecular weight is 368 g/mol. The molecule has 0 bridgehead atoms. The molecule has 2 atom stereocenters. The molecule has 3 nitrogen and oxygen atoms in total. The van der Waals surface area contributed by atoms with Crippen LogP contribution < -0.4 is 5.32 Å². The van der Waals surface area contributed by atoms with Gasteiger partial charge in [0, 0.05) is 19.2 Å². The van der Waals surface area contributed by atoms with E-state index in [2.05, 4.69) is 24.4 Å². The fourth-order valence-corrected chi connectivity index (χ4v) is 3.60. The smallest absolute Gasteiger partial charge is 0.0680 e. The van der Waals surface area contributed by atoms with Gasteiger partial charge in [-0.3, -0.25) is 0 Å².